The van der Waals surface area contributed by atoms with Crippen LogP contribution in [0, 0.1) is 0 Å². The van der Waals surface area contributed by atoms with Gasteiger partial charge in [-0.05, 0) is 24.6 Å². The molecule has 146 valence electrons. The zero-order chi connectivity index (χ0) is 19.2. The monoisotopic (exact) mass is 391 g/mol. The van der Waals surface area contributed by atoms with Crippen LogP contribution in [-0.2, 0) is 11.8 Å². The van der Waals surface area contributed by atoms with E-state index in [1.165, 1.54) is 0 Å². The summed E-state index contributed by atoms with van der Waals surface area (Å²) in [4.78, 5) is 6.81. The van der Waals surface area contributed by atoms with E-state index < -0.39 is 6.10 Å². The SMILES string of the molecule is CCNC(=NCC(O)c1ccc(Cl)cc1)N1CCOC(c2cnn(C)c2)C1. The number of aliphatic imine (C=N–C) groups is 1. The van der Waals surface area contributed by atoms with Gasteiger partial charge in [0.05, 0.1) is 32.0 Å². The molecule has 7 nitrogen and oxygen atoms in total. The van der Waals surface area contributed by atoms with Gasteiger partial charge < -0.3 is 20.1 Å². The Labute approximate surface area is 164 Å². The summed E-state index contributed by atoms with van der Waals surface area (Å²) in [5.41, 5.74) is 1.86. The van der Waals surface area contributed by atoms with Crippen molar-refractivity contribution in [1.82, 2.24) is 20.0 Å². The van der Waals surface area contributed by atoms with Crippen LogP contribution < -0.4 is 5.32 Å². The van der Waals surface area contributed by atoms with Crippen molar-refractivity contribution in [2.75, 3.05) is 32.8 Å². The standard InChI is InChI=1S/C19H26ClN5O2/c1-3-21-19(22-11-17(26)14-4-6-16(20)7-5-14)25-8-9-27-18(13-25)15-10-23-24(2)12-15/h4-7,10,12,17-18,26H,3,8-9,11,13H2,1-2H3,(H,21,22). The summed E-state index contributed by atoms with van der Waals surface area (Å²) in [6.45, 7) is 5.12. The molecule has 2 heterocycles. The second-order valence-corrected chi connectivity index (χ2v) is 6.95. The average molecular weight is 392 g/mol. The molecule has 2 atom stereocenters. The van der Waals surface area contributed by atoms with Crippen molar-refractivity contribution in [3.05, 3.63) is 52.8 Å². The molecular weight excluding hydrogens is 366 g/mol. The van der Waals surface area contributed by atoms with Crippen LogP contribution in [0.4, 0.5) is 0 Å². The minimum absolute atomic E-state index is 0.0440. The van der Waals surface area contributed by atoms with Gasteiger partial charge in [-0.25, -0.2) is 0 Å². The number of ether oxygens (including phenoxy) is 1. The number of halogens is 1. The maximum Gasteiger partial charge on any atom is 0.194 e. The summed E-state index contributed by atoms with van der Waals surface area (Å²) in [6.07, 6.45) is 3.09. The van der Waals surface area contributed by atoms with E-state index in [9.17, 15) is 5.11 Å². The van der Waals surface area contributed by atoms with Crippen molar-refractivity contribution >= 4 is 17.6 Å². The van der Waals surface area contributed by atoms with Gasteiger partial charge in [-0.1, -0.05) is 23.7 Å². The van der Waals surface area contributed by atoms with E-state index in [0.29, 0.717) is 18.2 Å². The molecule has 1 aliphatic rings. The maximum atomic E-state index is 10.4. The molecule has 1 fully saturated rings. The predicted octanol–water partition coefficient (Wildman–Crippen LogP) is 2.15. The number of hydrogen-bond acceptors (Lipinski definition) is 4. The Morgan fingerprint density at radius 3 is 2.89 bits per heavy atom. The van der Waals surface area contributed by atoms with Crippen molar-refractivity contribution in [3.8, 4) is 0 Å². The van der Waals surface area contributed by atoms with E-state index in [2.05, 4.69) is 20.3 Å². The fourth-order valence-electron chi connectivity index (χ4n) is 3.04. The van der Waals surface area contributed by atoms with Crippen LogP contribution in [0.1, 0.15) is 30.3 Å². The molecule has 0 saturated carbocycles. The molecule has 0 radical (unpaired) electrons. The molecule has 27 heavy (non-hydrogen) atoms. The summed E-state index contributed by atoms with van der Waals surface area (Å²) < 4.78 is 7.68. The molecule has 2 aromatic rings. The first-order valence-corrected chi connectivity index (χ1v) is 9.51. The Kier molecular flexibility index (Phi) is 6.71. The third-order valence-electron chi connectivity index (χ3n) is 4.47. The van der Waals surface area contributed by atoms with Gasteiger partial charge in [0.2, 0.25) is 0 Å². The Morgan fingerprint density at radius 1 is 1.44 bits per heavy atom. The lowest BCUT2D eigenvalue weighted by atomic mass is 10.1. The van der Waals surface area contributed by atoms with E-state index in [1.54, 1.807) is 16.8 Å². The molecule has 1 aliphatic heterocycles. The summed E-state index contributed by atoms with van der Waals surface area (Å²) in [6, 6.07) is 7.19. The molecular formula is C19H26ClN5O2. The van der Waals surface area contributed by atoms with Gasteiger partial charge in [0.1, 0.15) is 6.10 Å². The highest BCUT2D eigenvalue weighted by Gasteiger charge is 2.25. The lowest BCUT2D eigenvalue weighted by molar-refractivity contribution is -0.00811. The van der Waals surface area contributed by atoms with Gasteiger partial charge in [0, 0.05) is 36.9 Å². The van der Waals surface area contributed by atoms with Crippen LogP contribution in [0.15, 0.2) is 41.7 Å². The van der Waals surface area contributed by atoms with Crippen molar-refractivity contribution in [2.24, 2.45) is 12.0 Å². The molecule has 0 spiro atoms. The number of nitrogens with one attached hydrogen (secondary N) is 1. The quantitative estimate of drug-likeness (QED) is 0.603. The Morgan fingerprint density at radius 2 is 2.22 bits per heavy atom. The number of aliphatic hydroxyl groups is 1. The molecule has 8 heteroatoms. The summed E-state index contributed by atoms with van der Waals surface area (Å²) in [7, 11) is 1.90. The van der Waals surface area contributed by atoms with Crippen LogP contribution >= 0.6 is 11.6 Å². The van der Waals surface area contributed by atoms with Crippen LogP contribution in [0.5, 0.6) is 0 Å². The van der Waals surface area contributed by atoms with Crippen molar-refractivity contribution in [3.63, 3.8) is 0 Å². The van der Waals surface area contributed by atoms with Crippen molar-refractivity contribution in [1.29, 1.82) is 0 Å². The molecule has 0 bridgehead atoms. The number of guanidine groups is 1. The molecule has 0 aliphatic carbocycles. The van der Waals surface area contributed by atoms with E-state index in [0.717, 1.165) is 30.2 Å². The number of hydrogen-bond donors (Lipinski definition) is 2. The second-order valence-electron chi connectivity index (χ2n) is 6.51. The first-order chi connectivity index (χ1) is 13.1. The fourth-order valence-corrected chi connectivity index (χ4v) is 3.16. The smallest absolute Gasteiger partial charge is 0.194 e. The van der Waals surface area contributed by atoms with Gasteiger partial charge in [-0.2, -0.15) is 5.10 Å². The molecule has 0 amide bonds. The summed E-state index contributed by atoms with van der Waals surface area (Å²) >= 11 is 5.91. The van der Waals surface area contributed by atoms with Gasteiger partial charge in [0.25, 0.3) is 0 Å². The van der Waals surface area contributed by atoms with E-state index in [1.807, 2.05) is 38.5 Å². The molecule has 2 N–H and O–H groups in total. The van der Waals surface area contributed by atoms with Crippen molar-refractivity contribution in [2.45, 2.75) is 19.1 Å². The number of nitrogens with zero attached hydrogens (tertiary/aromatic N) is 4. The van der Waals surface area contributed by atoms with E-state index >= 15 is 0 Å². The third-order valence-corrected chi connectivity index (χ3v) is 4.72. The van der Waals surface area contributed by atoms with Crippen LogP contribution in [0.3, 0.4) is 0 Å². The summed E-state index contributed by atoms with van der Waals surface area (Å²) in [5.74, 6) is 0.780. The topological polar surface area (TPSA) is 74.9 Å². The lowest BCUT2D eigenvalue weighted by Gasteiger charge is -2.35. The largest absolute Gasteiger partial charge is 0.386 e. The van der Waals surface area contributed by atoms with Gasteiger partial charge in [-0.3, -0.25) is 9.67 Å². The van der Waals surface area contributed by atoms with Gasteiger partial charge in [0.15, 0.2) is 5.96 Å². The Balaban J connectivity index is 1.68. The zero-order valence-corrected chi connectivity index (χ0v) is 16.4. The van der Waals surface area contributed by atoms with E-state index in [-0.39, 0.29) is 12.6 Å². The first kappa shape index (κ1) is 19.7. The number of aryl methyl sites for hydroxylation is 1. The first-order valence-electron chi connectivity index (χ1n) is 9.13. The average Bonchev–Trinajstić information content (AvgIpc) is 3.12. The highest BCUT2D eigenvalue weighted by atomic mass is 35.5. The minimum atomic E-state index is -0.675. The van der Waals surface area contributed by atoms with Crippen LogP contribution in [-0.4, -0.2) is 58.5 Å². The molecule has 3 rings (SSSR count). The number of aromatic nitrogens is 2. The van der Waals surface area contributed by atoms with Crippen LogP contribution in [0.25, 0.3) is 0 Å². The van der Waals surface area contributed by atoms with E-state index in [4.69, 9.17) is 16.3 Å². The fraction of sp³-hybridized carbons (Fsp3) is 0.474. The summed E-state index contributed by atoms with van der Waals surface area (Å²) in [5, 5.41) is 18.6. The number of rotatable bonds is 5. The lowest BCUT2D eigenvalue weighted by Crippen LogP contribution is -2.48. The Bertz CT molecular complexity index is 762. The second kappa shape index (κ2) is 9.21. The van der Waals surface area contributed by atoms with Crippen LogP contribution in [0.2, 0.25) is 5.02 Å². The third kappa shape index (κ3) is 5.22. The highest BCUT2D eigenvalue weighted by molar-refractivity contribution is 6.30. The molecule has 2 unspecified atom stereocenters. The minimum Gasteiger partial charge on any atom is -0.386 e. The predicted molar refractivity (Wildman–Crippen MR) is 106 cm³/mol. The van der Waals surface area contributed by atoms with Gasteiger partial charge >= 0.3 is 0 Å². The molecule has 1 aromatic heterocycles. The van der Waals surface area contributed by atoms with Crippen molar-refractivity contribution < 1.29 is 9.84 Å². The normalized spacial score (nSPS) is 19.2. The zero-order valence-electron chi connectivity index (χ0n) is 15.7. The highest BCUT2D eigenvalue weighted by Crippen LogP contribution is 2.22. The maximum absolute atomic E-state index is 10.4. The van der Waals surface area contributed by atoms with Gasteiger partial charge in [-0.15, -0.1) is 0 Å². The number of aliphatic hydroxyl groups excluding tert-OH is 1. The molecule has 1 saturated heterocycles. The molecule has 1 aromatic carbocycles. The Hall–Kier alpha value is -2.09. The number of morpholine rings is 1. The number of benzene rings is 1.